The maximum atomic E-state index is 11.2. The molecular formula is C10H13IO3S. The van der Waals surface area contributed by atoms with Crippen LogP contribution in [0.25, 0.3) is 0 Å². The highest BCUT2D eigenvalue weighted by atomic mass is 127. The number of sulfone groups is 1. The van der Waals surface area contributed by atoms with E-state index >= 15 is 0 Å². The zero-order chi connectivity index (χ0) is 11.6. The molecule has 0 amide bonds. The summed E-state index contributed by atoms with van der Waals surface area (Å²) in [5, 5.41) is 9.83. The largest absolute Gasteiger partial charge is 0.386 e. The SMILES string of the molecule is Cc1ccc([C@@H](O)[C@H](I)S(C)(=O)=O)cc1. The Hall–Kier alpha value is -0.140. The van der Waals surface area contributed by atoms with Crippen LogP contribution in [0.1, 0.15) is 17.2 Å². The number of benzene rings is 1. The second-order valence-corrected chi connectivity index (χ2v) is 7.89. The fourth-order valence-corrected chi connectivity index (χ4v) is 2.19. The number of alkyl halides is 1. The maximum absolute atomic E-state index is 11.2. The monoisotopic (exact) mass is 340 g/mol. The fourth-order valence-electron chi connectivity index (χ4n) is 1.15. The van der Waals surface area contributed by atoms with E-state index in [0.717, 1.165) is 11.8 Å². The van der Waals surface area contributed by atoms with Crippen molar-refractivity contribution < 1.29 is 13.5 Å². The fraction of sp³-hybridized carbons (Fsp3) is 0.400. The Labute approximate surface area is 104 Å². The van der Waals surface area contributed by atoms with Crippen molar-refractivity contribution in [3.05, 3.63) is 35.4 Å². The van der Waals surface area contributed by atoms with Gasteiger partial charge in [-0.25, -0.2) is 8.42 Å². The summed E-state index contributed by atoms with van der Waals surface area (Å²) in [4.78, 5) is 0. The molecule has 0 saturated carbocycles. The first-order valence-electron chi connectivity index (χ1n) is 4.40. The van der Waals surface area contributed by atoms with Crippen LogP contribution in [0.4, 0.5) is 0 Å². The van der Waals surface area contributed by atoms with Crippen LogP contribution in [0.15, 0.2) is 24.3 Å². The third kappa shape index (κ3) is 3.42. The number of hydrogen-bond acceptors (Lipinski definition) is 3. The Morgan fingerprint density at radius 2 is 1.73 bits per heavy atom. The summed E-state index contributed by atoms with van der Waals surface area (Å²) in [5.74, 6) is 0. The lowest BCUT2D eigenvalue weighted by Gasteiger charge is -2.16. The minimum Gasteiger partial charge on any atom is -0.386 e. The van der Waals surface area contributed by atoms with Gasteiger partial charge in [0.25, 0.3) is 0 Å². The van der Waals surface area contributed by atoms with Gasteiger partial charge in [-0.05, 0) is 12.5 Å². The van der Waals surface area contributed by atoms with Crippen LogP contribution in [-0.2, 0) is 9.84 Å². The molecule has 1 N–H and O–H groups in total. The standard InChI is InChI=1S/C10H13IO3S/c1-7-3-5-8(6-4-7)9(12)10(11)15(2,13)14/h3-6,9-10,12H,1-2H3/t9-,10-/m1/s1. The molecule has 0 aromatic heterocycles. The highest BCUT2D eigenvalue weighted by molar-refractivity contribution is 14.1. The second kappa shape index (κ2) is 4.80. The van der Waals surface area contributed by atoms with Crippen molar-refractivity contribution in [3.63, 3.8) is 0 Å². The first-order chi connectivity index (χ1) is 6.82. The maximum Gasteiger partial charge on any atom is 0.162 e. The molecule has 2 atom stereocenters. The van der Waals surface area contributed by atoms with Crippen LogP contribution < -0.4 is 0 Å². The van der Waals surface area contributed by atoms with Crippen molar-refractivity contribution >= 4 is 32.4 Å². The Bertz CT molecular complexity index is 424. The average molecular weight is 340 g/mol. The molecule has 0 bridgehead atoms. The highest BCUT2D eigenvalue weighted by Crippen LogP contribution is 2.26. The Morgan fingerprint density at radius 1 is 1.27 bits per heavy atom. The lowest BCUT2D eigenvalue weighted by Crippen LogP contribution is -2.21. The van der Waals surface area contributed by atoms with Crippen molar-refractivity contribution in [1.29, 1.82) is 0 Å². The number of aryl methyl sites for hydroxylation is 1. The predicted octanol–water partition coefficient (Wildman–Crippen LogP) is 1.83. The Kier molecular flexibility index (Phi) is 4.13. The van der Waals surface area contributed by atoms with Gasteiger partial charge in [0.05, 0.1) is 0 Å². The van der Waals surface area contributed by atoms with E-state index in [0.29, 0.717) is 5.56 Å². The molecule has 3 nitrogen and oxygen atoms in total. The molecule has 84 valence electrons. The van der Waals surface area contributed by atoms with Crippen molar-refractivity contribution in [2.24, 2.45) is 0 Å². The van der Waals surface area contributed by atoms with Gasteiger partial charge in [-0.3, -0.25) is 0 Å². The van der Waals surface area contributed by atoms with E-state index in [9.17, 15) is 13.5 Å². The summed E-state index contributed by atoms with van der Waals surface area (Å²) in [6.45, 7) is 1.94. The van der Waals surface area contributed by atoms with E-state index in [1.54, 1.807) is 34.7 Å². The normalized spacial score (nSPS) is 16.0. The van der Waals surface area contributed by atoms with Crippen molar-refractivity contribution in [1.82, 2.24) is 0 Å². The molecule has 0 aliphatic rings. The van der Waals surface area contributed by atoms with Crippen molar-refractivity contribution in [2.75, 3.05) is 6.26 Å². The zero-order valence-corrected chi connectivity index (χ0v) is 11.5. The van der Waals surface area contributed by atoms with Gasteiger partial charge in [-0.15, -0.1) is 0 Å². The number of hydrogen-bond donors (Lipinski definition) is 1. The van der Waals surface area contributed by atoms with Crippen LogP contribution in [0.3, 0.4) is 0 Å². The summed E-state index contributed by atoms with van der Waals surface area (Å²) >= 11 is 1.75. The quantitative estimate of drug-likeness (QED) is 0.675. The van der Waals surface area contributed by atoms with Gasteiger partial charge >= 0.3 is 0 Å². The summed E-state index contributed by atoms with van der Waals surface area (Å²) in [7, 11) is -3.22. The van der Waals surface area contributed by atoms with Crippen LogP contribution in [0, 0.1) is 6.92 Å². The number of aliphatic hydroxyl groups is 1. The molecule has 0 radical (unpaired) electrons. The van der Waals surface area contributed by atoms with Gasteiger partial charge in [0.1, 0.15) is 9.36 Å². The van der Waals surface area contributed by atoms with Crippen LogP contribution in [0.2, 0.25) is 0 Å². The van der Waals surface area contributed by atoms with E-state index in [1.807, 2.05) is 19.1 Å². The third-order valence-electron chi connectivity index (χ3n) is 2.08. The molecule has 0 spiro atoms. The topological polar surface area (TPSA) is 54.4 Å². The number of aliphatic hydroxyl groups excluding tert-OH is 1. The summed E-state index contributed by atoms with van der Waals surface area (Å²) in [6, 6.07) is 7.20. The van der Waals surface area contributed by atoms with Crippen molar-refractivity contribution in [3.8, 4) is 0 Å². The Morgan fingerprint density at radius 3 is 2.13 bits per heavy atom. The second-order valence-electron chi connectivity index (χ2n) is 3.54. The van der Waals surface area contributed by atoms with Gasteiger partial charge in [-0.2, -0.15) is 0 Å². The number of rotatable bonds is 3. The van der Waals surface area contributed by atoms with Crippen LogP contribution in [-0.4, -0.2) is 23.0 Å². The summed E-state index contributed by atoms with van der Waals surface area (Å²) in [6.07, 6.45) is 0.155. The molecular weight excluding hydrogens is 327 g/mol. The molecule has 1 rings (SSSR count). The number of halogens is 1. The van der Waals surface area contributed by atoms with Gasteiger partial charge in [0, 0.05) is 6.26 Å². The summed E-state index contributed by atoms with van der Waals surface area (Å²) < 4.78 is 21.7. The minimum atomic E-state index is -3.22. The van der Waals surface area contributed by atoms with E-state index in [4.69, 9.17) is 0 Å². The first-order valence-corrected chi connectivity index (χ1v) is 7.60. The van der Waals surface area contributed by atoms with Gasteiger partial charge in [-0.1, -0.05) is 52.4 Å². The molecule has 1 aromatic rings. The highest BCUT2D eigenvalue weighted by Gasteiger charge is 2.26. The molecule has 0 fully saturated rings. The van der Waals surface area contributed by atoms with Crippen molar-refractivity contribution in [2.45, 2.75) is 16.3 Å². The predicted molar refractivity (Wildman–Crippen MR) is 68.8 cm³/mol. The molecule has 15 heavy (non-hydrogen) atoms. The van der Waals surface area contributed by atoms with Gasteiger partial charge in [0.2, 0.25) is 0 Å². The van der Waals surface area contributed by atoms with Gasteiger partial charge < -0.3 is 5.11 Å². The first kappa shape index (κ1) is 12.9. The van der Waals surface area contributed by atoms with E-state index < -0.39 is 19.2 Å². The van der Waals surface area contributed by atoms with Crippen LogP contribution in [0.5, 0.6) is 0 Å². The molecule has 0 heterocycles. The molecule has 1 aromatic carbocycles. The average Bonchev–Trinajstić information content (AvgIpc) is 2.15. The minimum absolute atomic E-state index is 0.630. The van der Waals surface area contributed by atoms with Gasteiger partial charge in [0.15, 0.2) is 9.84 Å². The van der Waals surface area contributed by atoms with E-state index in [-0.39, 0.29) is 0 Å². The molecule has 0 aliphatic heterocycles. The molecule has 0 aliphatic carbocycles. The Balaban J connectivity index is 2.95. The summed E-state index contributed by atoms with van der Waals surface area (Å²) in [5.41, 5.74) is 1.71. The molecule has 0 saturated heterocycles. The zero-order valence-electron chi connectivity index (χ0n) is 8.51. The molecule has 0 unspecified atom stereocenters. The third-order valence-corrected chi connectivity index (χ3v) is 6.60. The lowest BCUT2D eigenvalue weighted by atomic mass is 10.1. The van der Waals surface area contributed by atoms with Crippen LogP contribution >= 0.6 is 22.6 Å². The molecule has 5 heteroatoms. The van der Waals surface area contributed by atoms with E-state index in [1.165, 1.54) is 0 Å². The lowest BCUT2D eigenvalue weighted by molar-refractivity contribution is 0.197. The smallest absolute Gasteiger partial charge is 0.162 e. The van der Waals surface area contributed by atoms with E-state index in [2.05, 4.69) is 0 Å².